The standard InChI is InChI=1S/C64H85NO10/c1-5-6-7-8-9-10-11-12-13-14-15-16-32-43-56(73-61(66)54-41-30-21-31-42-54)55(65-63(67)75-64(2,3)4)48-72-62-60(71-47-53-39-28-20-29-40-53)59(70-46-52-37-26-19-27-38-52)58(69-45-51-35-24-18-25-36-51)57(74-62)49-68-44-50-33-22-17-23-34-50/h17-31,33-42,55-60,62H,5-16,32,43-49H2,1-4H3,(H,65,67)/t55-,56+,57+,58-,59-,60+,62-/m0/s1. The fraction of sp³-hybridized carbons (Fsp3) is 0.500. The van der Waals surface area contributed by atoms with Crippen LogP contribution in [0.5, 0.6) is 0 Å². The Morgan fingerprint density at radius 3 is 1.43 bits per heavy atom. The molecule has 1 heterocycles. The highest BCUT2D eigenvalue weighted by molar-refractivity contribution is 5.89. The number of benzene rings is 5. The van der Waals surface area contributed by atoms with Crippen LogP contribution in [0.1, 0.15) is 150 Å². The Bertz CT molecular complexity index is 2260. The van der Waals surface area contributed by atoms with Gasteiger partial charge in [0.1, 0.15) is 36.1 Å². The number of carbonyl (C=O) groups excluding carboxylic acids is 2. The minimum Gasteiger partial charge on any atom is -0.456 e. The number of rotatable bonds is 34. The van der Waals surface area contributed by atoms with Gasteiger partial charge in [0, 0.05) is 0 Å². The molecule has 0 spiro atoms. The number of carbonyl (C=O) groups is 2. The molecule has 0 bridgehead atoms. The molecular weight excluding hydrogens is 943 g/mol. The van der Waals surface area contributed by atoms with Crippen LogP contribution in [-0.2, 0) is 64.3 Å². The largest absolute Gasteiger partial charge is 0.456 e. The van der Waals surface area contributed by atoms with Crippen molar-refractivity contribution >= 4 is 12.1 Å². The number of ether oxygens (including phenoxy) is 8. The zero-order valence-corrected chi connectivity index (χ0v) is 45.2. The van der Waals surface area contributed by atoms with Crippen LogP contribution in [0.25, 0.3) is 0 Å². The molecule has 0 aromatic heterocycles. The summed E-state index contributed by atoms with van der Waals surface area (Å²) in [4.78, 5) is 27.8. The van der Waals surface area contributed by atoms with Crippen LogP contribution in [0.3, 0.4) is 0 Å². The molecule has 0 unspecified atom stereocenters. The van der Waals surface area contributed by atoms with Gasteiger partial charge in [-0.05, 0) is 68.0 Å². The van der Waals surface area contributed by atoms with Crippen molar-refractivity contribution in [2.24, 2.45) is 0 Å². The summed E-state index contributed by atoms with van der Waals surface area (Å²) in [5.74, 6) is -0.493. The van der Waals surface area contributed by atoms with Crippen molar-refractivity contribution in [2.45, 2.75) is 192 Å². The zero-order chi connectivity index (χ0) is 52.8. The maximum Gasteiger partial charge on any atom is 0.408 e. The first kappa shape index (κ1) is 58.9. The molecule has 1 aliphatic heterocycles. The van der Waals surface area contributed by atoms with Crippen molar-refractivity contribution in [3.8, 4) is 0 Å². The van der Waals surface area contributed by atoms with Crippen molar-refractivity contribution in [3.05, 3.63) is 179 Å². The van der Waals surface area contributed by atoms with E-state index in [1.807, 2.05) is 148 Å². The Hall–Kier alpha value is -5.40. The fourth-order valence-electron chi connectivity index (χ4n) is 9.27. The average Bonchev–Trinajstić information content (AvgIpc) is 3.42. The zero-order valence-electron chi connectivity index (χ0n) is 45.2. The van der Waals surface area contributed by atoms with E-state index >= 15 is 0 Å². The van der Waals surface area contributed by atoms with E-state index in [1.54, 1.807) is 24.3 Å². The van der Waals surface area contributed by atoms with Crippen LogP contribution in [0.4, 0.5) is 4.79 Å². The van der Waals surface area contributed by atoms with Gasteiger partial charge < -0.3 is 43.2 Å². The van der Waals surface area contributed by atoms with Gasteiger partial charge in [0.2, 0.25) is 0 Å². The second-order valence-corrected chi connectivity index (χ2v) is 20.8. The highest BCUT2D eigenvalue weighted by Gasteiger charge is 2.49. The summed E-state index contributed by atoms with van der Waals surface area (Å²) in [6, 6.07) is 48.0. The van der Waals surface area contributed by atoms with Crippen LogP contribution in [0, 0.1) is 0 Å². The van der Waals surface area contributed by atoms with Crippen LogP contribution < -0.4 is 5.32 Å². The van der Waals surface area contributed by atoms with Gasteiger partial charge in [0.25, 0.3) is 0 Å². The van der Waals surface area contributed by atoms with E-state index in [1.165, 1.54) is 57.8 Å². The van der Waals surface area contributed by atoms with E-state index in [0.29, 0.717) is 18.6 Å². The first-order valence-electron chi connectivity index (χ1n) is 27.8. The Kier molecular flexibility index (Phi) is 26.4. The molecule has 0 radical (unpaired) electrons. The molecule has 1 fully saturated rings. The first-order valence-corrected chi connectivity index (χ1v) is 27.8. The van der Waals surface area contributed by atoms with Gasteiger partial charge in [-0.15, -0.1) is 0 Å². The molecule has 11 heteroatoms. The molecule has 5 aromatic carbocycles. The Labute approximate surface area is 448 Å². The van der Waals surface area contributed by atoms with Gasteiger partial charge in [-0.25, -0.2) is 9.59 Å². The maximum atomic E-state index is 14.0. The molecule has 1 amide bonds. The molecular formula is C64H85NO10. The van der Waals surface area contributed by atoms with Crippen molar-refractivity contribution in [1.82, 2.24) is 5.32 Å². The third-order valence-corrected chi connectivity index (χ3v) is 13.3. The summed E-state index contributed by atoms with van der Waals surface area (Å²) >= 11 is 0. The van der Waals surface area contributed by atoms with Gasteiger partial charge in [0.05, 0.1) is 51.2 Å². The molecule has 75 heavy (non-hydrogen) atoms. The SMILES string of the molecule is CCCCCCCCCCCCCCC[C@@H](OC(=O)c1ccccc1)[C@H](CO[C@H]1O[C@H](COCc2ccccc2)[C@H](OCc2ccccc2)[C@H](OCc2ccccc2)[C@H]1OCc1ccccc1)NC(=O)OC(C)(C)C. The van der Waals surface area contributed by atoms with E-state index in [0.717, 1.165) is 47.9 Å². The van der Waals surface area contributed by atoms with Crippen LogP contribution in [0.2, 0.25) is 0 Å². The normalized spacial score (nSPS) is 18.5. The number of hydrogen-bond acceptors (Lipinski definition) is 10. The lowest BCUT2D eigenvalue weighted by molar-refractivity contribution is -0.329. The molecule has 406 valence electrons. The summed E-state index contributed by atoms with van der Waals surface area (Å²) in [6.07, 6.45) is 10.6. The summed E-state index contributed by atoms with van der Waals surface area (Å²) in [6.45, 7) is 8.81. The molecule has 1 saturated heterocycles. The first-order chi connectivity index (χ1) is 36.6. The number of esters is 1. The van der Waals surface area contributed by atoms with Crippen molar-refractivity contribution < 1.29 is 47.5 Å². The summed E-state index contributed by atoms with van der Waals surface area (Å²) < 4.78 is 53.4. The predicted molar refractivity (Wildman–Crippen MR) is 295 cm³/mol. The number of unbranched alkanes of at least 4 members (excludes halogenated alkanes) is 12. The van der Waals surface area contributed by atoms with Crippen LogP contribution in [-0.4, -0.2) is 73.7 Å². The predicted octanol–water partition coefficient (Wildman–Crippen LogP) is 14.3. The van der Waals surface area contributed by atoms with Crippen molar-refractivity contribution in [2.75, 3.05) is 13.2 Å². The van der Waals surface area contributed by atoms with Crippen molar-refractivity contribution in [1.29, 1.82) is 0 Å². The fourth-order valence-corrected chi connectivity index (χ4v) is 9.27. The highest BCUT2D eigenvalue weighted by Crippen LogP contribution is 2.32. The number of hydrogen-bond donors (Lipinski definition) is 1. The van der Waals surface area contributed by atoms with E-state index < -0.39 is 60.5 Å². The van der Waals surface area contributed by atoms with E-state index in [2.05, 4.69) is 12.2 Å². The topological polar surface area (TPSA) is 120 Å². The molecule has 5 aromatic rings. The lowest BCUT2D eigenvalue weighted by atomic mass is 9.97. The van der Waals surface area contributed by atoms with Crippen LogP contribution in [0.15, 0.2) is 152 Å². The molecule has 7 atom stereocenters. The third kappa shape index (κ3) is 22.4. The highest BCUT2D eigenvalue weighted by atomic mass is 16.7. The second-order valence-electron chi connectivity index (χ2n) is 20.8. The van der Waals surface area contributed by atoms with E-state index in [-0.39, 0.29) is 33.0 Å². The minimum atomic E-state index is -1.07. The number of alkyl carbamates (subject to hydrolysis) is 1. The lowest BCUT2D eigenvalue weighted by Gasteiger charge is -2.46. The number of amides is 1. The summed E-state index contributed by atoms with van der Waals surface area (Å²) in [7, 11) is 0. The minimum absolute atomic E-state index is 0.126. The smallest absolute Gasteiger partial charge is 0.408 e. The molecule has 11 nitrogen and oxygen atoms in total. The molecule has 1 aliphatic rings. The lowest BCUT2D eigenvalue weighted by Crippen LogP contribution is -2.62. The summed E-state index contributed by atoms with van der Waals surface area (Å²) in [5.41, 5.74) is 3.53. The second kappa shape index (κ2) is 33.6. The van der Waals surface area contributed by atoms with Gasteiger partial charge in [-0.2, -0.15) is 0 Å². The molecule has 0 saturated carbocycles. The van der Waals surface area contributed by atoms with Crippen molar-refractivity contribution in [3.63, 3.8) is 0 Å². The Balaban J connectivity index is 1.28. The third-order valence-electron chi connectivity index (χ3n) is 13.3. The van der Waals surface area contributed by atoms with E-state index in [9.17, 15) is 9.59 Å². The number of nitrogens with one attached hydrogen (secondary N) is 1. The monoisotopic (exact) mass is 1030 g/mol. The van der Waals surface area contributed by atoms with Gasteiger partial charge in [-0.3, -0.25) is 0 Å². The Morgan fingerprint density at radius 2 is 0.947 bits per heavy atom. The van der Waals surface area contributed by atoms with E-state index in [4.69, 9.17) is 37.9 Å². The molecule has 0 aliphatic carbocycles. The Morgan fingerprint density at radius 1 is 0.520 bits per heavy atom. The maximum absolute atomic E-state index is 14.0. The van der Waals surface area contributed by atoms with Gasteiger partial charge in [0.15, 0.2) is 6.29 Å². The molecule has 6 rings (SSSR count). The average molecular weight is 1030 g/mol. The quantitative estimate of drug-likeness (QED) is 0.0315. The van der Waals surface area contributed by atoms with Gasteiger partial charge in [-0.1, -0.05) is 224 Å². The summed E-state index contributed by atoms with van der Waals surface area (Å²) in [5, 5.41) is 3.07. The van der Waals surface area contributed by atoms with Crippen LogP contribution >= 0.6 is 0 Å². The van der Waals surface area contributed by atoms with Gasteiger partial charge >= 0.3 is 12.1 Å². The molecule has 1 N–H and O–H groups in total.